The van der Waals surface area contributed by atoms with Crippen molar-refractivity contribution in [1.82, 2.24) is 10.3 Å². The molecule has 1 rings (SSSR count). The maximum absolute atomic E-state index is 4.56. The van der Waals surface area contributed by atoms with Gasteiger partial charge in [-0.1, -0.05) is 24.8 Å². The maximum Gasteiger partial charge on any atom is 0.135 e. The van der Waals surface area contributed by atoms with E-state index >= 15 is 0 Å². The zero-order chi connectivity index (χ0) is 8.81. The minimum atomic E-state index is 0.716. The monoisotopic (exact) mass is 162 g/mol. The van der Waals surface area contributed by atoms with Crippen molar-refractivity contribution in [3.8, 4) is 0 Å². The lowest BCUT2D eigenvalue weighted by molar-refractivity contribution is 0.305. The first-order valence-corrected chi connectivity index (χ1v) is 3.63. The molecule has 0 bridgehead atoms. The summed E-state index contributed by atoms with van der Waals surface area (Å²) in [6, 6.07) is 0. The van der Waals surface area contributed by atoms with Crippen LogP contribution in [0.25, 0.3) is 12.2 Å². The van der Waals surface area contributed by atoms with Gasteiger partial charge in [-0.3, -0.25) is 0 Å². The van der Waals surface area contributed by atoms with Crippen molar-refractivity contribution in [2.75, 3.05) is 0 Å². The molecule has 0 fully saturated rings. The molecule has 0 N–H and O–H groups in total. The van der Waals surface area contributed by atoms with Crippen LogP contribution >= 0.6 is 0 Å². The van der Waals surface area contributed by atoms with Gasteiger partial charge in [-0.15, -0.1) is 0 Å². The van der Waals surface area contributed by atoms with Gasteiger partial charge in [-0.05, 0) is 29.4 Å². The third-order valence-electron chi connectivity index (χ3n) is 1.26. The highest BCUT2D eigenvalue weighted by Crippen LogP contribution is 2.06. The Labute approximate surface area is 71.1 Å². The van der Waals surface area contributed by atoms with Gasteiger partial charge in [0, 0.05) is 0 Å². The van der Waals surface area contributed by atoms with E-state index in [0.717, 1.165) is 5.69 Å². The lowest BCUT2D eigenvalue weighted by Gasteiger charge is -1.81. The van der Waals surface area contributed by atoms with Crippen molar-refractivity contribution in [3.63, 3.8) is 0 Å². The lowest BCUT2D eigenvalue weighted by atomic mass is 10.3. The molecular formula is C9H10N2O. The van der Waals surface area contributed by atoms with Crippen LogP contribution in [0.3, 0.4) is 0 Å². The van der Waals surface area contributed by atoms with Gasteiger partial charge in [-0.2, -0.15) is 0 Å². The van der Waals surface area contributed by atoms with Crippen LogP contribution in [0.1, 0.15) is 18.3 Å². The summed E-state index contributed by atoms with van der Waals surface area (Å²) in [5.74, 6) is 0. The Morgan fingerprint density at radius 3 is 2.50 bits per heavy atom. The molecular weight excluding hydrogens is 152 g/mol. The van der Waals surface area contributed by atoms with Crippen molar-refractivity contribution < 1.29 is 4.63 Å². The first-order chi connectivity index (χ1) is 5.88. The molecule has 1 heterocycles. The third kappa shape index (κ3) is 1.92. The Hall–Kier alpha value is -1.64. The molecule has 3 heteroatoms. The largest absolute Gasteiger partial charge is 0.243 e. The van der Waals surface area contributed by atoms with E-state index in [-0.39, 0.29) is 0 Å². The van der Waals surface area contributed by atoms with Crippen molar-refractivity contribution in [2.45, 2.75) is 6.92 Å². The molecule has 1 aromatic rings. The van der Waals surface area contributed by atoms with Crippen LogP contribution < -0.4 is 0 Å². The summed E-state index contributed by atoms with van der Waals surface area (Å²) in [5, 5.41) is 7.40. The fourth-order valence-corrected chi connectivity index (χ4v) is 0.751. The van der Waals surface area contributed by atoms with E-state index < -0.39 is 0 Å². The normalized spacial score (nSPS) is 11.4. The van der Waals surface area contributed by atoms with Crippen molar-refractivity contribution in [2.24, 2.45) is 0 Å². The summed E-state index contributed by atoms with van der Waals surface area (Å²) < 4.78 is 4.56. The predicted molar refractivity (Wildman–Crippen MR) is 48.2 cm³/mol. The Morgan fingerprint density at radius 1 is 1.25 bits per heavy atom. The van der Waals surface area contributed by atoms with Crippen molar-refractivity contribution in [1.29, 1.82) is 0 Å². The standard InChI is InChI=1S/C9H10N2O/c1-3-5-7-9-8(6-4-2)10-12-11-9/h3-7H,1H2,2H3/b6-4-,7-5-. The van der Waals surface area contributed by atoms with Gasteiger partial charge in [-0.25, -0.2) is 4.63 Å². The van der Waals surface area contributed by atoms with Crippen LogP contribution in [-0.2, 0) is 0 Å². The fourth-order valence-electron chi connectivity index (χ4n) is 0.751. The molecule has 1 aromatic heterocycles. The van der Waals surface area contributed by atoms with E-state index in [4.69, 9.17) is 0 Å². The van der Waals surface area contributed by atoms with Gasteiger partial charge >= 0.3 is 0 Å². The molecule has 0 atom stereocenters. The Morgan fingerprint density at radius 2 is 1.92 bits per heavy atom. The minimum Gasteiger partial charge on any atom is -0.243 e. The van der Waals surface area contributed by atoms with Gasteiger partial charge in [0.15, 0.2) is 0 Å². The van der Waals surface area contributed by atoms with E-state index in [1.54, 1.807) is 18.2 Å². The van der Waals surface area contributed by atoms with Crippen LogP contribution in [0.2, 0.25) is 0 Å². The molecule has 0 saturated heterocycles. The van der Waals surface area contributed by atoms with E-state index in [1.165, 1.54) is 0 Å². The van der Waals surface area contributed by atoms with Gasteiger partial charge in [0.25, 0.3) is 0 Å². The van der Waals surface area contributed by atoms with Gasteiger partial charge < -0.3 is 0 Å². The predicted octanol–water partition coefficient (Wildman–Crippen LogP) is 2.30. The maximum atomic E-state index is 4.56. The van der Waals surface area contributed by atoms with Crippen molar-refractivity contribution >= 4 is 12.2 Å². The van der Waals surface area contributed by atoms with Crippen LogP contribution in [0, 0.1) is 0 Å². The highest BCUT2D eigenvalue weighted by molar-refractivity contribution is 5.58. The molecule has 0 saturated carbocycles. The van der Waals surface area contributed by atoms with E-state index in [9.17, 15) is 0 Å². The van der Waals surface area contributed by atoms with Crippen LogP contribution in [0.5, 0.6) is 0 Å². The zero-order valence-corrected chi connectivity index (χ0v) is 6.90. The summed E-state index contributed by atoms with van der Waals surface area (Å²) in [5.41, 5.74) is 1.45. The third-order valence-corrected chi connectivity index (χ3v) is 1.26. The second-order valence-electron chi connectivity index (χ2n) is 2.13. The molecule has 0 amide bonds. The Balaban J connectivity index is 2.90. The highest BCUT2D eigenvalue weighted by Gasteiger charge is 2.00. The first kappa shape index (κ1) is 8.46. The Bertz CT molecular complexity index is 310. The average molecular weight is 162 g/mol. The van der Waals surface area contributed by atoms with Crippen LogP contribution in [0.4, 0.5) is 0 Å². The summed E-state index contributed by atoms with van der Waals surface area (Å²) >= 11 is 0. The number of rotatable bonds is 3. The molecule has 0 unspecified atom stereocenters. The molecule has 0 aliphatic heterocycles. The summed E-state index contributed by atoms with van der Waals surface area (Å²) in [6.07, 6.45) is 8.96. The van der Waals surface area contributed by atoms with E-state index in [1.807, 2.05) is 19.1 Å². The number of hydrogen-bond donors (Lipinski definition) is 0. The second-order valence-corrected chi connectivity index (χ2v) is 2.13. The molecule has 0 spiro atoms. The molecule has 0 aromatic carbocycles. The quantitative estimate of drug-likeness (QED) is 0.640. The second kappa shape index (κ2) is 4.28. The first-order valence-electron chi connectivity index (χ1n) is 3.63. The minimum absolute atomic E-state index is 0.716. The number of aromatic nitrogens is 2. The van der Waals surface area contributed by atoms with Gasteiger partial charge in [0.1, 0.15) is 11.4 Å². The van der Waals surface area contributed by atoms with Gasteiger partial charge in [0.2, 0.25) is 0 Å². The fraction of sp³-hybridized carbons (Fsp3) is 0.111. The van der Waals surface area contributed by atoms with Crippen LogP contribution in [-0.4, -0.2) is 10.3 Å². The highest BCUT2D eigenvalue weighted by atomic mass is 16.6. The van der Waals surface area contributed by atoms with E-state index in [2.05, 4.69) is 21.5 Å². The van der Waals surface area contributed by atoms with E-state index in [0.29, 0.717) is 5.69 Å². The number of hydrogen-bond acceptors (Lipinski definition) is 3. The number of allylic oxidation sites excluding steroid dienone is 3. The molecule has 0 aliphatic carbocycles. The molecule has 0 radical (unpaired) electrons. The zero-order valence-electron chi connectivity index (χ0n) is 6.90. The van der Waals surface area contributed by atoms with Gasteiger partial charge in [0.05, 0.1) is 0 Å². The summed E-state index contributed by atoms with van der Waals surface area (Å²) in [7, 11) is 0. The van der Waals surface area contributed by atoms with Crippen LogP contribution in [0.15, 0.2) is 29.4 Å². The molecule has 0 aliphatic rings. The smallest absolute Gasteiger partial charge is 0.135 e. The molecule has 12 heavy (non-hydrogen) atoms. The SMILES string of the molecule is C=C/C=C\c1nonc1/C=C\C. The topological polar surface area (TPSA) is 38.9 Å². The molecule has 3 nitrogen and oxygen atoms in total. The molecule has 62 valence electrons. The lowest BCUT2D eigenvalue weighted by Crippen LogP contribution is -1.75. The Kier molecular flexibility index (Phi) is 3.02. The van der Waals surface area contributed by atoms with Crippen molar-refractivity contribution in [3.05, 3.63) is 36.2 Å². The number of nitrogens with zero attached hydrogens (tertiary/aromatic N) is 2. The summed E-state index contributed by atoms with van der Waals surface area (Å²) in [4.78, 5) is 0. The average Bonchev–Trinajstić information content (AvgIpc) is 2.50. The summed E-state index contributed by atoms with van der Waals surface area (Å²) in [6.45, 7) is 5.46.